The SMILES string of the molecule is Cc1ccc(CCC(N)Cc2ccc(C(C)C)cc2)cc1. The molecule has 0 saturated carbocycles. The van der Waals surface area contributed by atoms with Crippen molar-refractivity contribution < 1.29 is 0 Å². The summed E-state index contributed by atoms with van der Waals surface area (Å²) in [5, 5.41) is 0. The Balaban J connectivity index is 1.83. The summed E-state index contributed by atoms with van der Waals surface area (Å²) in [7, 11) is 0. The molecule has 21 heavy (non-hydrogen) atoms. The molecule has 0 aliphatic rings. The summed E-state index contributed by atoms with van der Waals surface area (Å²) in [4.78, 5) is 0. The van der Waals surface area contributed by atoms with Crippen LogP contribution in [0, 0.1) is 6.92 Å². The zero-order chi connectivity index (χ0) is 15.2. The smallest absolute Gasteiger partial charge is 0.00824 e. The molecule has 0 aliphatic heterocycles. The van der Waals surface area contributed by atoms with Crippen molar-refractivity contribution in [3.63, 3.8) is 0 Å². The van der Waals surface area contributed by atoms with E-state index >= 15 is 0 Å². The van der Waals surface area contributed by atoms with Gasteiger partial charge in [0.05, 0.1) is 0 Å². The molecule has 2 N–H and O–H groups in total. The second-order valence-electron chi connectivity index (χ2n) is 6.38. The molecular weight excluding hydrogens is 254 g/mol. The third kappa shape index (κ3) is 5.02. The van der Waals surface area contributed by atoms with Gasteiger partial charge in [-0.3, -0.25) is 0 Å². The van der Waals surface area contributed by atoms with Gasteiger partial charge in [0.2, 0.25) is 0 Å². The maximum absolute atomic E-state index is 6.28. The maximum Gasteiger partial charge on any atom is 0.00824 e. The van der Waals surface area contributed by atoms with Crippen LogP contribution in [-0.2, 0) is 12.8 Å². The molecule has 0 aliphatic carbocycles. The van der Waals surface area contributed by atoms with Crippen molar-refractivity contribution in [2.45, 2.75) is 52.0 Å². The van der Waals surface area contributed by atoms with Crippen LogP contribution in [-0.4, -0.2) is 6.04 Å². The normalized spacial score (nSPS) is 12.6. The molecule has 2 rings (SSSR count). The van der Waals surface area contributed by atoms with Crippen LogP contribution in [0.3, 0.4) is 0 Å². The Morgan fingerprint density at radius 2 is 1.43 bits per heavy atom. The number of aryl methyl sites for hydroxylation is 2. The first kappa shape index (κ1) is 15.8. The van der Waals surface area contributed by atoms with Crippen LogP contribution in [0.1, 0.15) is 48.4 Å². The Hall–Kier alpha value is -1.60. The van der Waals surface area contributed by atoms with Gasteiger partial charge in [-0.1, -0.05) is 67.9 Å². The van der Waals surface area contributed by atoms with Crippen molar-refractivity contribution in [3.8, 4) is 0 Å². The molecule has 112 valence electrons. The second-order valence-corrected chi connectivity index (χ2v) is 6.38. The van der Waals surface area contributed by atoms with Gasteiger partial charge in [-0.05, 0) is 48.8 Å². The average Bonchev–Trinajstić information content (AvgIpc) is 2.47. The van der Waals surface area contributed by atoms with E-state index in [1.807, 2.05) is 0 Å². The third-order valence-corrected chi connectivity index (χ3v) is 4.07. The molecule has 0 amide bonds. The van der Waals surface area contributed by atoms with Gasteiger partial charge in [-0.25, -0.2) is 0 Å². The minimum atomic E-state index is 0.233. The Bertz CT molecular complexity index is 537. The van der Waals surface area contributed by atoms with E-state index in [4.69, 9.17) is 5.73 Å². The lowest BCUT2D eigenvalue weighted by Crippen LogP contribution is -2.23. The Kier molecular flexibility index (Phi) is 5.58. The van der Waals surface area contributed by atoms with Crippen molar-refractivity contribution >= 4 is 0 Å². The van der Waals surface area contributed by atoms with Gasteiger partial charge in [-0.15, -0.1) is 0 Å². The lowest BCUT2D eigenvalue weighted by atomic mass is 9.97. The summed E-state index contributed by atoms with van der Waals surface area (Å²) < 4.78 is 0. The van der Waals surface area contributed by atoms with Gasteiger partial charge in [0.15, 0.2) is 0 Å². The predicted octanol–water partition coefficient (Wildman–Crippen LogP) is 4.62. The standard InChI is InChI=1S/C20H27N/c1-15(2)19-11-8-18(9-12-19)14-20(21)13-10-17-6-4-16(3)5-7-17/h4-9,11-12,15,20H,10,13-14,21H2,1-3H3. The van der Waals surface area contributed by atoms with Crippen molar-refractivity contribution in [2.75, 3.05) is 0 Å². The molecule has 1 atom stereocenters. The highest BCUT2D eigenvalue weighted by atomic mass is 14.6. The number of hydrogen-bond acceptors (Lipinski definition) is 1. The third-order valence-electron chi connectivity index (χ3n) is 4.07. The molecule has 0 heterocycles. The van der Waals surface area contributed by atoms with Crippen LogP contribution in [0.15, 0.2) is 48.5 Å². The van der Waals surface area contributed by atoms with Gasteiger partial charge >= 0.3 is 0 Å². The lowest BCUT2D eigenvalue weighted by Gasteiger charge is -2.13. The van der Waals surface area contributed by atoms with Gasteiger partial charge in [0.25, 0.3) is 0 Å². The van der Waals surface area contributed by atoms with Crippen LogP contribution in [0.25, 0.3) is 0 Å². The molecule has 0 fully saturated rings. The van der Waals surface area contributed by atoms with Crippen LogP contribution in [0.5, 0.6) is 0 Å². The molecule has 0 spiro atoms. The molecule has 0 bridgehead atoms. The quantitative estimate of drug-likeness (QED) is 0.821. The first-order valence-electron chi connectivity index (χ1n) is 7.94. The first-order valence-corrected chi connectivity index (χ1v) is 7.94. The van der Waals surface area contributed by atoms with Crippen molar-refractivity contribution in [1.29, 1.82) is 0 Å². The summed E-state index contributed by atoms with van der Waals surface area (Å²) in [6, 6.07) is 17.9. The minimum Gasteiger partial charge on any atom is -0.327 e. The Morgan fingerprint density at radius 1 is 0.857 bits per heavy atom. The van der Waals surface area contributed by atoms with Crippen LogP contribution < -0.4 is 5.73 Å². The summed E-state index contributed by atoms with van der Waals surface area (Å²) in [5.41, 5.74) is 11.7. The van der Waals surface area contributed by atoms with Gasteiger partial charge in [-0.2, -0.15) is 0 Å². The van der Waals surface area contributed by atoms with Gasteiger partial charge < -0.3 is 5.73 Å². The number of nitrogens with two attached hydrogens (primary N) is 1. The zero-order valence-electron chi connectivity index (χ0n) is 13.5. The highest BCUT2D eigenvalue weighted by molar-refractivity contribution is 5.25. The topological polar surface area (TPSA) is 26.0 Å². The fourth-order valence-corrected chi connectivity index (χ4v) is 2.55. The molecule has 0 radical (unpaired) electrons. The molecule has 2 aromatic rings. The van der Waals surface area contributed by atoms with E-state index in [9.17, 15) is 0 Å². The summed E-state index contributed by atoms with van der Waals surface area (Å²) in [5.74, 6) is 0.592. The fraction of sp³-hybridized carbons (Fsp3) is 0.400. The van der Waals surface area contributed by atoms with E-state index in [-0.39, 0.29) is 6.04 Å². The lowest BCUT2D eigenvalue weighted by molar-refractivity contribution is 0.610. The highest BCUT2D eigenvalue weighted by Crippen LogP contribution is 2.16. The van der Waals surface area contributed by atoms with Gasteiger partial charge in [0, 0.05) is 6.04 Å². The largest absolute Gasteiger partial charge is 0.327 e. The number of rotatable bonds is 6. The first-order chi connectivity index (χ1) is 10.0. The van der Waals surface area contributed by atoms with Crippen molar-refractivity contribution in [1.82, 2.24) is 0 Å². The Morgan fingerprint density at radius 3 is 2.00 bits per heavy atom. The van der Waals surface area contributed by atoms with Gasteiger partial charge in [0.1, 0.15) is 0 Å². The molecule has 1 nitrogen and oxygen atoms in total. The minimum absolute atomic E-state index is 0.233. The molecule has 1 unspecified atom stereocenters. The monoisotopic (exact) mass is 281 g/mol. The van der Waals surface area contributed by atoms with E-state index in [1.165, 1.54) is 22.3 Å². The Labute approximate surface area is 129 Å². The summed E-state index contributed by atoms with van der Waals surface area (Å²) in [6.45, 7) is 6.57. The highest BCUT2D eigenvalue weighted by Gasteiger charge is 2.06. The molecule has 2 aromatic carbocycles. The van der Waals surface area contributed by atoms with E-state index in [2.05, 4.69) is 69.3 Å². The van der Waals surface area contributed by atoms with E-state index in [0.717, 1.165) is 19.3 Å². The van der Waals surface area contributed by atoms with E-state index in [1.54, 1.807) is 0 Å². The molecular formula is C20H27N. The van der Waals surface area contributed by atoms with Crippen molar-refractivity contribution in [2.24, 2.45) is 5.73 Å². The number of hydrogen-bond donors (Lipinski definition) is 1. The van der Waals surface area contributed by atoms with E-state index < -0.39 is 0 Å². The zero-order valence-corrected chi connectivity index (χ0v) is 13.5. The molecule has 0 saturated heterocycles. The van der Waals surface area contributed by atoms with Crippen molar-refractivity contribution in [3.05, 3.63) is 70.8 Å². The van der Waals surface area contributed by atoms with E-state index in [0.29, 0.717) is 5.92 Å². The average molecular weight is 281 g/mol. The molecule has 0 aromatic heterocycles. The second kappa shape index (κ2) is 7.42. The fourth-order valence-electron chi connectivity index (χ4n) is 2.55. The maximum atomic E-state index is 6.28. The summed E-state index contributed by atoms with van der Waals surface area (Å²) >= 11 is 0. The predicted molar refractivity (Wildman–Crippen MR) is 91.7 cm³/mol. The number of benzene rings is 2. The van der Waals surface area contributed by atoms with Crippen LogP contribution in [0.2, 0.25) is 0 Å². The van der Waals surface area contributed by atoms with Crippen LogP contribution >= 0.6 is 0 Å². The summed E-state index contributed by atoms with van der Waals surface area (Å²) in [6.07, 6.45) is 3.06. The van der Waals surface area contributed by atoms with Crippen LogP contribution in [0.4, 0.5) is 0 Å². The molecule has 1 heteroatoms.